The Morgan fingerprint density at radius 2 is 1.56 bits per heavy atom. The van der Waals surface area contributed by atoms with E-state index in [1.165, 1.54) is 0 Å². The molecule has 1 aromatic carbocycles. The van der Waals surface area contributed by atoms with Crippen molar-refractivity contribution < 1.29 is 36.9 Å². The molecule has 1 aliphatic rings. The number of hydrogen-bond acceptors (Lipinski definition) is 4. The summed E-state index contributed by atoms with van der Waals surface area (Å²) in [5.41, 5.74) is -1.63. The second-order valence-electron chi connectivity index (χ2n) is 7.25. The highest BCUT2D eigenvalue weighted by Gasteiger charge is 2.61. The van der Waals surface area contributed by atoms with Gasteiger partial charge in [0.1, 0.15) is 6.61 Å². The molecule has 150 valence electrons. The number of ether oxygens (including phenoxy) is 2. The number of rotatable bonds is 7. The number of halogens is 4. The predicted octanol–water partition coefficient (Wildman–Crippen LogP) is 3.64. The van der Waals surface area contributed by atoms with Crippen molar-refractivity contribution in [2.24, 2.45) is 17.3 Å². The zero-order valence-electron chi connectivity index (χ0n) is 15.5. The van der Waals surface area contributed by atoms with Crippen LogP contribution >= 0.6 is 0 Å². The highest BCUT2D eigenvalue weighted by Crippen LogP contribution is 2.59. The molecule has 2 atom stereocenters. The zero-order valence-corrected chi connectivity index (χ0v) is 15.5. The number of esters is 1. The van der Waals surface area contributed by atoms with Crippen molar-refractivity contribution in [2.45, 2.75) is 34.0 Å². The fraction of sp³-hybridized carbons (Fsp3) is 0.526. The molecule has 0 amide bonds. The van der Waals surface area contributed by atoms with Crippen LogP contribution < -0.4 is 0 Å². The SMILES string of the molecule is COCc1c(F)c(F)c(COC(=O)C2C(/C=C(\C)CO)C2(C)C)c(F)c1F. The van der Waals surface area contributed by atoms with Crippen LogP contribution in [-0.4, -0.2) is 24.8 Å². The van der Waals surface area contributed by atoms with E-state index in [1.54, 1.807) is 13.0 Å². The highest BCUT2D eigenvalue weighted by atomic mass is 19.2. The lowest BCUT2D eigenvalue weighted by Crippen LogP contribution is -2.15. The summed E-state index contributed by atoms with van der Waals surface area (Å²) in [6.07, 6.45) is 1.74. The fourth-order valence-corrected chi connectivity index (χ4v) is 3.15. The van der Waals surface area contributed by atoms with Crippen LogP contribution in [0.15, 0.2) is 11.6 Å². The number of aliphatic hydroxyl groups excluding tert-OH is 1. The van der Waals surface area contributed by atoms with Crippen LogP contribution in [0.25, 0.3) is 0 Å². The predicted molar refractivity (Wildman–Crippen MR) is 88.4 cm³/mol. The average Bonchev–Trinajstić information content (AvgIpc) is 3.16. The van der Waals surface area contributed by atoms with Gasteiger partial charge in [0.25, 0.3) is 0 Å². The van der Waals surface area contributed by atoms with E-state index in [0.717, 1.165) is 7.11 Å². The van der Waals surface area contributed by atoms with Crippen molar-refractivity contribution in [3.63, 3.8) is 0 Å². The van der Waals surface area contributed by atoms with Gasteiger partial charge in [-0.1, -0.05) is 25.5 Å². The van der Waals surface area contributed by atoms with Gasteiger partial charge in [0.05, 0.1) is 30.3 Å². The Hall–Kier alpha value is -1.93. The summed E-state index contributed by atoms with van der Waals surface area (Å²) in [6, 6.07) is 0. The molecule has 4 nitrogen and oxygen atoms in total. The lowest BCUT2D eigenvalue weighted by molar-refractivity contribution is -0.147. The van der Waals surface area contributed by atoms with E-state index in [2.05, 4.69) is 4.74 Å². The summed E-state index contributed by atoms with van der Waals surface area (Å²) in [5.74, 6) is -7.89. The summed E-state index contributed by atoms with van der Waals surface area (Å²) in [4.78, 5) is 12.3. The summed E-state index contributed by atoms with van der Waals surface area (Å²) in [5, 5.41) is 9.08. The smallest absolute Gasteiger partial charge is 0.310 e. The fourth-order valence-electron chi connectivity index (χ4n) is 3.15. The van der Waals surface area contributed by atoms with E-state index in [4.69, 9.17) is 9.84 Å². The minimum Gasteiger partial charge on any atom is -0.460 e. The third-order valence-electron chi connectivity index (χ3n) is 4.97. The Bertz CT molecular complexity index is 744. The van der Waals surface area contributed by atoms with Crippen LogP contribution in [0.1, 0.15) is 31.9 Å². The number of carbonyl (C=O) groups is 1. The van der Waals surface area contributed by atoms with Crippen LogP contribution in [0.2, 0.25) is 0 Å². The second-order valence-corrected chi connectivity index (χ2v) is 7.25. The minimum absolute atomic E-state index is 0.156. The van der Waals surface area contributed by atoms with Gasteiger partial charge < -0.3 is 14.6 Å². The van der Waals surface area contributed by atoms with Crippen molar-refractivity contribution in [1.29, 1.82) is 0 Å². The van der Waals surface area contributed by atoms with Gasteiger partial charge >= 0.3 is 5.97 Å². The van der Waals surface area contributed by atoms with Crippen LogP contribution in [0.5, 0.6) is 0 Å². The molecule has 0 aliphatic heterocycles. The molecule has 1 saturated carbocycles. The minimum atomic E-state index is -1.61. The molecule has 0 spiro atoms. The van der Waals surface area contributed by atoms with Gasteiger partial charge in [-0.2, -0.15) is 0 Å². The van der Waals surface area contributed by atoms with Gasteiger partial charge in [-0.15, -0.1) is 0 Å². The Kier molecular flexibility index (Phi) is 6.32. The van der Waals surface area contributed by atoms with Crippen LogP contribution in [0, 0.1) is 40.5 Å². The van der Waals surface area contributed by atoms with Gasteiger partial charge in [0, 0.05) is 7.11 Å². The van der Waals surface area contributed by atoms with E-state index in [0.29, 0.717) is 5.57 Å². The normalized spacial score (nSPS) is 21.3. The van der Waals surface area contributed by atoms with Gasteiger partial charge in [0.15, 0.2) is 23.3 Å². The molecular formula is C19H22F4O4. The summed E-state index contributed by atoms with van der Waals surface area (Å²) in [6.45, 7) is 3.60. The Morgan fingerprint density at radius 3 is 2.00 bits per heavy atom. The molecule has 0 radical (unpaired) electrons. The topological polar surface area (TPSA) is 55.8 Å². The molecule has 0 bridgehead atoms. The number of methoxy groups -OCH3 is 1. The van der Waals surface area contributed by atoms with Gasteiger partial charge in [-0.25, -0.2) is 17.6 Å². The van der Waals surface area contributed by atoms with Gasteiger partial charge in [-0.3, -0.25) is 4.79 Å². The van der Waals surface area contributed by atoms with Crippen molar-refractivity contribution in [2.75, 3.05) is 13.7 Å². The monoisotopic (exact) mass is 390 g/mol. The summed E-state index contributed by atoms with van der Waals surface area (Å²) in [7, 11) is 1.13. The van der Waals surface area contributed by atoms with E-state index in [1.807, 2.05) is 13.8 Å². The molecule has 2 rings (SSSR count). The van der Waals surface area contributed by atoms with Gasteiger partial charge in [-0.05, 0) is 18.3 Å². The maximum Gasteiger partial charge on any atom is 0.310 e. The van der Waals surface area contributed by atoms with Crippen molar-refractivity contribution in [3.8, 4) is 0 Å². The molecule has 1 fully saturated rings. The lowest BCUT2D eigenvalue weighted by atomic mass is 10.1. The van der Waals surface area contributed by atoms with E-state index in [-0.39, 0.29) is 12.5 Å². The summed E-state index contributed by atoms with van der Waals surface area (Å²) >= 11 is 0. The zero-order chi connectivity index (χ0) is 20.5. The number of carbonyl (C=O) groups excluding carboxylic acids is 1. The van der Waals surface area contributed by atoms with Crippen molar-refractivity contribution in [3.05, 3.63) is 46.0 Å². The van der Waals surface area contributed by atoms with Gasteiger partial charge in [0.2, 0.25) is 0 Å². The molecule has 1 aliphatic carbocycles. The molecular weight excluding hydrogens is 368 g/mol. The number of allylic oxidation sites excluding steroid dienone is 1. The van der Waals surface area contributed by atoms with Crippen molar-refractivity contribution in [1.82, 2.24) is 0 Å². The van der Waals surface area contributed by atoms with E-state index in [9.17, 15) is 22.4 Å². The number of aliphatic hydroxyl groups is 1. The molecule has 0 aromatic heterocycles. The first kappa shape index (κ1) is 21.4. The highest BCUT2D eigenvalue weighted by molar-refractivity contribution is 5.78. The largest absolute Gasteiger partial charge is 0.460 e. The van der Waals surface area contributed by atoms with Crippen LogP contribution in [-0.2, 0) is 27.5 Å². The Labute approximate surface area is 154 Å². The standard InChI is InChI=1S/C19H22F4O4/c1-9(6-24)5-12-13(19(12,2)3)18(25)27-8-11-16(22)14(20)10(7-26-4)15(21)17(11)23/h5,12-13,24H,6-8H2,1-4H3/b9-5+. The third kappa shape index (κ3) is 4.01. The lowest BCUT2D eigenvalue weighted by Gasteiger charge is -2.12. The first-order chi connectivity index (χ1) is 12.6. The van der Waals surface area contributed by atoms with Crippen LogP contribution in [0.3, 0.4) is 0 Å². The molecule has 8 heteroatoms. The molecule has 2 unspecified atom stereocenters. The second kappa shape index (κ2) is 7.98. The average molecular weight is 390 g/mol. The molecule has 0 saturated heterocycles. The molecule has 0 heterocycles. The Balaban J connectivity index is 2.17. The third-order valence-corrected chi connectivity index (χ3v) is 4.97. The number of benzene rings is 1. The van der Waals surface area contributed by atoms with Crippen molar-refractivity contribution >= 4 is 5.97 Å². The first-order valence-corrected chi connectivity index (χ1v) is 8.35. The van der Waals surface area contributed by atoms with E-state index >= 15 is 0 Å². The Morgan fingerprint density at radius 1 is 1.07 bits per heavy atom. The molecule has 27 heavy (non-hydrogen) atoms. The van der Waals surface area contributed by atoms with Crippen LogP contribution in [0.4, 0.5) is 17.6 Å². The maximum atomic E-state index is 14.1. The maximum absolute atomic E-state index is 14.1. The number of hydrogen-bond donors (Lipinski definition) is 1. The molecule has 1 N–H and O–H groups in total. The quantitative estimate of drug-likeness (QED) is 0.334. The van der Waals surface area contributed by atoms with E-state index < -0.39 is 64.9 Å². The first-order valence-electron chi connectivity index (χ1n) is 8.35. The summed E-state index contributed by atoms with van der Waals surface area (Å²) < 4.78 is 65.4. The molecule has 1 aromatic rings.